The molecule has 0 aliphatic heterocycles. The summed E-state index contributed by atoms with van der Waals surface area (Å²) >= 11 is 0. The molecule has 1 amide bonds. The summed E-state index contributed by atoms with van der Waals surface area (Å²) < 4.78 is 39.1. The van der Waals surface area contributed by atoms with E-state index in [1.54, 1.807) is 30.3 Å². The number of carbonyl (C=O) groups excluding carboxylic acids is 1. The molecule has 140 valence electrons. The standard InChI is InChI=1S/C19H23FN2O3S/c1-14(2)19(15-9-11-16(20)12-10-15)21-18(23)13-22(3)26(24,25)17-7-5-4-6-8-17/h4-12,14,19H,13H2,1-3H3,(H,21,23). The molecule has 2 rings (SSSR count). The summed E-state index contributed by atoms with van der Waals surface area (Å²) in [4.78, 5) is 12.5. The molecule has 1 unspecified atom stereocenters. The summed E-state index contributed by atoms with van der Waals surface area (Å²) in [6.45, 7) is 3.55. The van der Waals surface area contributed by atoms with Crippen molar-refractivity contribution < 1.29 is 17.6 Å². The molecule has 0 aliphatic carbocycles. The zero-order chi connectivity index (χ0) is 19.3. The van der Waals surface area contributed by atoms with E-state index in [-0.39, 0.29) is 29.2 Å². The Morgan fingerprint density at radius 1 is 1.08 bits per heavy atom. The second-order valence-electron chi connectivity index (χ2n) is 6.41. The van der Waals surface area contributed by atoms with Crippen LogP contribution in [0.25, 0.3) is 0 Å². The highest BCUT2D eigenvalue weighted by atomic mass is 32.2. The van der Waals surface area contributed by atoms with Crippen LogP contribution in [0.15, 0.2) is 59.5 Å². The lowest BCUT2D eigenvalue weighted by Crippen LogP contribution is -2.41. The van der Waals surface area contributed by atoms with E-state index in [9.17, 15) is 17.6 Å². The topological polar surface area (TPSA) is 66.5 Å². The maximum absolute atomic E-state index is 13.1. The van der Waals surface area contributed by atoms with Crippen LogP contribution in [0.2, 0.25) is 0 Å². The number of nitrogens with zero attached hydrogens (tertiary/aromatic N) is 1. The number of halogens is 1. The first kappa shape index (κ1) is 20.1. The number of sulfonamides is 1. The van der Waals surface area contributed by atoms with Gasteiger partial charge < -0.3 is 5.32 Å². The van der Waals surface area contributed by atoms with Gasteiger partial charge in [0.2, 0.25) is 15.9 Å². The van der Waals surface area contributed by atoms with Gasteiger partial charge in [-0.25, -0.2) is 12.8 Å². The van der Waals surface area contributed by atoms with Crippen molar-refractivity contribution in [1.82, 2.24) is 9.62 Å². The predicted molar refractivity (Wildman–Crippen MR) is 98.4 cm³/mol. The first-order valence-electron chi connectivity index (χ1n) is 8.28. The van der Waals surface area contributed by atoms with E-state index in [1.165, 1.54) is 31.3 Å². The van der Waals surface area contributed by atoms with Crippen LogP contribution in [0, 0.1) is 11.7 Å². The van der Waals surface area contributed by atoms with Crippen molar-refractivity contribution in [3.63, 3.8) is 0 Å². The molecule has 2 aromatic rings. The third kappa shape index (κ3) is 4.89. The minimum atomic E-state index is -3.74. The molecular formula is C19H23FN2O3S. The number of carbonyl (C=O) groups is 1. The summed E-state index contributed by atoms with van der Waals surface area (Å²) in [7, 11) is -2.37. The highest BCUT2D eigenvalue weighted by molar-refractivity contribution is 7.89. The van der Waals surface area contributed by atoms with E-state index in [0.717, 1.165) is 9.87 Å². The lowest BCUT2D eigenvalue weighted by Gasteiger charge is -2.24. The Balaban J connectivity index is 2.09. The molecule has 0 spiro atoms. The quantitative estimate of drug-likeness (QED) is 0.806. The Bertz CT molecular complexity index is 837. The molecule has 0 heterocycles. The van der Waals surface area contributed by atoms with Crippen molar-refractivity contribution in [2.45, 2.75) is 24.8 Å². The smallest absolute Gasteiger partial charge is 0.243 e. The third-order valence-electron chi connectivity index (χ3n) is 4.03. The van der Waals surface area contributed by atoms with Gasteiger partial charge in [0.15, 0.2) is 0 Å². The number of nitrogens with one attached hydrogen (secondary N) is 1. The fraction of sp³-hybridized carbons (Fsp3) is 0.316. The Hall–Kier alpha value is -2.25. The maximum atomic E-state index is 13.1. The molecule has 0 saturated heterocycles. The Kier molecular flexibility index (Phi) is 6.50. The van der Waals surface area contributed by atoms with E-state index in [2.05, 4.69) is 5.32 Å². The van der Waals surface area contributed by atoms with Crippen LogP contribution in [0.5, 0.6) is 0 Å². The van der Waals surface area contributed by atoms with Crippen molar-refractivity contribution in [3.05, 3.63) is 66.0 Å². The molecular weight excluding hydrogens is 355 g/mol. The van der Waals surface area contributed by atoms with Crippen LogP contribution in [0.1, 0.15) is 25.5 Å². The summed E-state index contributed by atoms with van der Waals surface area (Å²) in [5, 5.41) is 2.84. The van der Waals surface area contributed by atoms with Gasteiger partial charge in [-0.2, -0.15) is 4.31 Å². The fourth-order valence-electron chi connectivity index (χ4n) is 2.58. The van der Waals surface area contributed by atoms with Gasteiger partial charge in [-0.1, -0.05) is 44.2 Å². The Morgan fingerprint density at radius 2 is 1.65 bits per heavy atom. The van der Waals surface area contributed by atoms with Crippen molar-refractivity contribution in [1.29, 1.82) is 0 Å². The predicted octanol–water partition coefficient (Wildman–Crippen LogP) is 2.96. The molecule has 0 fully saturated rings. The van der Waals surface area contributed by atoms with E-state index in [0.29, 0.717) is 0 Å². The van der Waals surface area contributed by atoms with Gasteiger partial charge in [-0.3, -0.25) is 4.79 Å². The van der Waals surface area contributed by atoms with Crippen molar-refractivity contribution in [2.24, 2.45) is 5.92 Å². The molecule has 0 aliphatic rings. The summed E-state index contributed by atoms with van der Waals surface area (Å²) in [5.41, 5.74) is 0.767. The van der Waals surface area contributed by atoms with Crippen molar-refractivity contribution in [3.8, 4) is 0 Å². The van der Waals surface area contributed by atoms with Gasteiger partial charge in [-0.05, 0) is 35.7 Å². The number of rotatable bonds is 7. The molecule has 0 saturated carbocycles. The van der Waals surface area contributed by atoms with Crippen LogP contribution in [-0.2, 0) is 14.8 Å². The van der Waals surface area contributed by atoms with Crippen LogP contribution >= 0.6 is 0 Å². The first-order chi connectivity index (χ1) is 12.2. The molecule has 1 N–H and O–H groups in total. The highest BCUT2D eigenvalue weighted by Gasteiger charge is 2.25. The number of benzene rings is 2. The summed E-state index contributed by atoms with van der Waals surface area (Å²) in [6.07, 6.45) is 0. The monoisotopic (exact) mass is 378 g/mol. The average molecular weight is 378 g/mol. The zero-order valence-electron chi connectivity index (χ0n) is 15.0. The SMILES string of the molecule is CC(C)C(NC(=O)CN(C)S(=O)(=O)c1ccccc1)c1ccc(F)cc1. The van der Waals surface area contributed by atoms with Gasteiger partial charge in [0.1, 0.15) is 5.82 Å². The van der Waals surface area contributed by atoms with Crippen LogP contribution in [0.3, 0.4) is 0 Å². The first-order valence-corrected chi connectivity index (χ1v) is 9.72. The van der Waals surface area contributed by atoms with E-state index in [4.69, 9.17) is 0 Å². The van der Waals surface area contributed by atoms with E-state index < -0.39 is 15.9 Å². The minimum Gasteiger partial charge on any atom is -0.348 e. The largest absolute Gasteiger partial charge is 0.348 e. The molecule has 0 aromatic heterocycles. The zero-order valence-corrected chi connectivity index (χ0v) is 15.8. The lowest BCUT2D eigenvalue weighted by atomic mass is 9.96. The molecule has 2 aromatic carbocycles. The molecule has 26 heavy (non-hydrogen) atoms. The summed E-state index contributed by atoms with van der Waals surface area (Å²) in [6, 6.07) is 13.5. The maximum Gasteiger partial charge on any atom is 0.243 e. The lowest BCUT2D eigenvalue weighted by molar-refractivity contribution is -0.122. The van der Waals surface area contributed by atoms with E-state index >= 15 is 0 Å². The van der Waals surface area contributed by atoms with Crippen LogP contribution in [0.4, 0.5) is 4.39 Å². The van der Waals surface area contributed by atoms with Crippen LogP contribution < -0.4 is 5.32 Å². The molecule has 1 atom stereocenters. The third-order valence-corrected chi connectivity index (χ3v) is 5.85. The average Bonchev–Trinajstić information content (AvgIpc) is 2.61. The summed E-state index contributed by atoms with van der Waals surface area (Å²) in [5.74, 6) is -0.716. The minimum absolute atomic E-state index is 0.0560. The molecule has 0 bridgehead atoms. The Labute approximate surface area is 153 Å². The van der Waals surface area contributed by atoms with E-state index in [1.807, 2.05) is 13.8 Å². The highest BCUT2D eigenvalue weighted by Crippen LogP contribution is 2.22. The number of hydrogen-bond donors (Lipinski definition) is 1. The second-order valence-corrected chi connectivity index (χ2v) is 8.46. The van der Waals surface area contributed by atoms with Gasteiger partial charge in [0.05, 0.1) is 17.5 Å². The van der Waals surface area contributed by atoms with Crippen molar-refractivity contribution >= 4 is 15.9 Å². The van der Waals surface area contributed by atoms with Crippen molar-refractivity contribution in [2.75, 3.05) is 13.6 Å². The van der Waals surface area contributed by atoms with Gasteiger partial charge in [0.25, 0.3) is 0 Å². The second kappa shape index (κ2) is 8.42. The van der Waals surface area contributed by atoms with Gasteiger partial charge in [0, 0.05) is 7.05 Å². The van der Waals surface area contributed by atoms with Gasteiger partial charge >= 0.3 is 0 Å². The molecule has 7 heteroatoms. The molecule has 5 nitrogen and oxygen atoms in total. The number of likely N-dealkylation sites (N-methyl/N-ethyl adjacent to an activating group) is 1. The molecule has 0 radical (unpaired) electrons. The fourth-order valence-corrected chi connectivity index (χ4v) is 3.73. The normalized spacial score (nSPS) is 13.0. The van der Waals surface area contributed by atoms with Crippen LogP contribution in [-0.4, -0.2) is 32.2 Å². The number of hydrogen-bond acceptors (Lipinski definition) is 3. The Morgan fingerprint density at radius 3 is 2.19 bits per heavy atom. The van der Waals surface area contributed by atoms with Gasteiger partial charge in [-0.15, -0.1) is 0 Å². The number of amides is 1.